The number of pyridine rings is 1. The summed E-state index contributed by atoms with van der Waals surface area (Å²) in [4.78, 5) is 16.2. The van der Waals surface area contributed by atoms with Crippen molar-refractivity contribution in [1.82, 2.24) is 9.55 Å². The van der Waals surface area contributed by atoms with Crippen molar-refractivity contribution < 1.29 is 9.53 Å². The van der Waals surface area contributed by atoms with Gasteiger partial charge in [0.25, 0.3) is 0 Å². The molecule has 0 fully saturated rings. The summed E-state index contributed by atoms with van der Waals surface area (Å²) >= 11 is 3.44. The first kappa shape index (κ1) is 13.1. The van der Waals surface area contributed by atoms with E-state index in [0.29, 0.717) is 0 Å². The number of rotatable bonds is 0. The maximum atomic E-state index is 12.1. The molecule has 0 spiro atoms. The van der Waals surface area contributed by atoms with Crippen molar-refractivity contribution in [2.75, 3.05) is 0 Å². The summed E-state index contributed by atoms with van der Waals surface area (Å²) in [5, 5.41) is 0.982. The first-order valence-corrected chi connectivity index (χ1v) is 6.43. The van der Waals surface area contributed by atoms with Crippen molar-refractivity contribution >= 4 is 32.9 Å². The SMILES string of the molecule is Cc1cn(C(=O)OC(C)(C)C)c2cncc(Br)c12. The van der Waals surface area contributed by atoms with Crippen LogP contribution < -0.4 is 0 Å². The number of hydrogen-bond acceptors (Lipinski definition) is 3. The monoisotopic (exact) mass is 310 g/mol. The summed E-state index contributed by atoms with van der Waals surface area (Å²) in [7, 11) is 0. The van der Waals surface area contributed by atoms with E-state index in [2.05, 4.69) is 20.9 Å². The molecule has 5 heteroatoms. The Kier molecular flexibility index (Phi) is 3.19. The average Bonchev–Trinajstić information content (AvgIpc) is 2.55. The van der Waals surface area contributed by atoms with Gasteiger partial charge in [0.05, 0.1) is 11.7 Å². The zero-order chi connectivity index (χ0) is 13.5. The third-order valence-electron chi connectivity index (χ3n) is 2.45. The van der Waals surface area contributed by atoms with Crippen molar-refractivity contribution in [3.8, 4) is 0 Å². The summed E-state index contributed by atoms with van der Waals surface area (Å²) in [6, 6.07) is 0. The van der Waals surface area contributed by atoms with Gasteiger partial charge >= 0.3 is 6.09 Å². The Morgan fingerprint density at radius 3 is 2.67 bits per heavy atom. The highest BCUT2D eigenvalue weighted by Crippen LogP contribution is 2.28. The average molecular weight is 311 g/mol. The summed E-state index contributed by atoms with van der Waals surface area (Å²) in [6.07, 6.45) is 4.76. The van der Waals surface area contributed by atoms with Crippen LogP contribution in [0.3, 0.4) is 0 Å². The van der Waals surface area contributed by atoms with E-state index >= 15 is 0 Å². The van der Waals surface area contributed by atoms with Gasteiger partial charge in [-0.25, -0.2) is 4.79 Å². The number of aryl methyl sites for hydroxylation is 1. The lowest BCUT2D eigenvalue weighted by Gasteiger charge is -2.19. The van der Waals surface area contributed by atoms with Gasteiger partial charge in [-0.15, -0.1) is 0 Å². The van der Waals surface area contributed by atoms with E-state index in [0.717, 1.165) is 20.9 Å². The molecule has 0 atom stereocenters. The topological polar surface area (TPSA) is 44.1 Å². The van der Waals surface area contributed by atoms with Crippen molar-refractivity contribution in [2.24, 2.45) is 0 Å². The lowest BCUT2D eigenvalue weighted by atomic mass is 10.2. The van der Waals surface area contributed by atoms with E-state index in [-0.39, 0.29) is 6.09 Å². The minimum atomic E-state index is -0.513. The Morgan fingerprint density at radius 1 is 1.39 bits per heavy atom. The molecule has 0 aliphatic rings. The molecule has 0 radical (unpaired) electrons. The van der Waals surface area contributed by atoms with Crippen LogP contribution in [-0.2, 0) is 4.74 Å². The van der Waals surface area contributed by atoms with Crippen LogP contribution in [0.5, 0.6) is 0 Å². The van der Waals surface area contributed by atoms with Gasteiger partial charge < -0.3 is 4.74 Å². The highest BCUT2D eigenvalue weighted by Gasteiger charge is 2.20. The minimum Gasteiger partial charge on any atom is -0.443 e. The number of fused-ring (bicyclic) bond motifs is 1. The normalized spacial score (nSPS) is 11.8. The van der Waals surface area contributed by atoms with E-state index in [1.807, 2.05) is 27.7 Å². The molecule has 2 aromatic rings. The van der Waals surface area contributed by atoms with Crippen LogP contribution in [-0.4, -0.2) is 21.2 Å². The fraction of sp³-hybridized carbons (Fsp3) is 0.385. The van der Waals surface area contributed by atoms with Gasteiger partial charge in [-0.3, -0.25) is 9.55 Å². The second kappa shape index (κ2) is 4.39. The molecule has 0 saturated carbocycles. The van der Waals surface area contributed by atoms with Gasteiger partial charge in [0.15, 0.2) is 0 Å². The highest BCUT2D eigenvalue weighted by molar-refractivity contribution is 9.10. The Morgan fingerprint density at radius 2 is 2.06 bits per heavy atom. The van der Waals surface area contributed by atoms with E-state index in [9.17, 15) is 4.79 Å². The van der Waals surface area contributed by atoms with Crippen molar-refractivity contribution in [3.63, 3.8) is 0 Å². The third kappa shape index (κ3) is 2.41. The molecule has 0 unspecified atom stereocenters. The summed E-state index contributed by atoms with van der Waals surface area (Å²) in [6.45, 7) is 7.49. The molecule has 2 rings (SSSR count). The van der Waals surface area contributed by atoms with Crippen LogP contribution in [0, 0.1) is 6.92 Å². The van der Waals surface area contributed by atoms with Gasteiger partial charge in [-0.05, 0) is 49.2 Å². The lowest BCUT2D eigenvalue weighted by molar-refractivity contribution is 0.0544. The van der Waals surface area contributed by atoms with E-state index in [1.54, 1.807) is 18.6 Å². The Balaban J connectivity index is 2.53. The number of ether oxygens (including phenoxy) is 1. The van der Waals surface area contributed by atoms with Crippen LogP contribution >= 0.6 is 15.9 Å². The molecule has 0 amide bonds. The number of halogens is 1. The fourth-order valence-electron chi connectivity index (χ4n) is 1.79. The molecule has 0 N–H and O–H groups in total. The van der Waals surface area contributed by atoms with Gasteiger partial charge in [0.2, 0.25) is 0 Å². The van der Waals surface area contributed by atoms with Crippen LogP contribution in [0.2, 0.25) is 0 Å². The molecule has 96 valence electrons. The van der Waals surface area contributed by atoms with Crippen LogP contribution in [0.4, 0.5) is 4.79 Å². The summed E-state index contributed by atoms with van der Waals surface area (Å²) < 4.78 is 7.73. The number of aromatic nitrogens is 2. The van der Waals surface area contributed by atoms with Crippen LogP contribution in [0.25, 0.3) is 10.9 Å². The Labute approximate surface area is 114 Å². The maximum absolute atomic E-state index is 12.1. The number of carbonyl (C=O) groups excluding carboxylic acids is 1. The summed E-state index contributed by atoms with van der Waals surface area (Å²) in [5.41, 5.74) is 1.24. The summed E-state index contributed by atoms with van der Waals surface area (Å²) in [5.74, 6) is 0. The number of carbonyl (C=O) groups is 1. The van der Waals surface area contributed by atoms with E-state index < -0.39 is 5.60 Å². The van der Waals surface area contributed by atoms with Gasteiger partial charge in [0.1, 0.15) is 5.60 Å². The highest BCUT2D eigenvalue weighted by atomic mass is 79.9. The van der Waals surface area contributed by atoms with E-state index in [4.69, 9.17) is 4.74 Å². The molecule has 0 aromatic carbocycles. The van der Waals surface area contributed by atoms with Gasteiger partial charge in [-0.1, -0.05) is 0 Å². The van der Waals surface area contributed by atoms with Crippen molar-refractivity contribution in [1.29, 1.82) is 0 Å². The molecule has 0 bridgehead atoms. The maximum Gasteiger partial charge on any atom is 0.419 e. The van der Waals surface area contributed by atoms with Crippen LogP contribution in [0.15, 0.2) is 23.1 Å². The fourth-order valence-corrected chi connectivity index (χ4v) is 2.42. The Hall–Kier alpha value is -1.36. The molecule has 2 heterocycles. The number of hydrogen-bond donors (Lipinski definition) is 0. The Bertz CT molecular complexity index is 611. The van der Waals surface area contributed by atoms with Crippen molar-refractivity contribution in [2.45, 2.75) is 33.3 Å². The smallest absolute Gasteiger partial charge is 0.419 e. The molecular formula is C13H15BrN2O2. The molecule has 4 nitrogen and oxygen atoms in total. The second-order valence-corrected chi connectivity index (χ2v) is 6.03. The van der Waals surface area contributed by atoms with Gasteiger partial charge in [0, 0.05) is 22.3 Å². The van der Waals surface area contributed by atoms with Crippen molar-refractivity contribution in [3.05, 3.63) is 28.6 Å². The molecule has 0 aliphatic carbocycles. The molecule has 18 heavy (non-hydrogen) atoms. The second-order valence-electron chi connectivity index (χ2n) is 5.18. The lowest BCUT2D eigenvalue weighted by Crippen LogP contribution is -2.26. The predicted octanol–water partition coefficient (Wildman–Crippen LogP) is 3.89. The van der Waals surface area contributed by atoms with E-state index in [1.165, 1.54) is 4.57 Å². The minimum absolute atomic E-state index is 0.388. The first-order chi connectivity index (χ1) is 8.29. The van der Waals surface area contributed by atoms with Gasteiger partial charge in [-0.2, -0.15) is 0 Å². The zero-order valence-corrected chi connectivity index (χ0v) is 12.4. The molecule has 2 aromatic heterocycles. The zero-order valence-electron chi connectivity index (χ0n) is 10.8. The first-order valence-electron chi connectivity index (χ1n) is 5.64. The molecule has 0 saturated heterocycles. The molecule has 0 aliphatic heterocycles. The quantitative estimate of drug-likeness (QED) is 0.741. The standard InChI is InChI=1S/C13H15BrN2O2/c1-8-7-16(12(17)18-13(2,3)4)10-6-15-5-9(14)11(8)10/h5-7H,1-4H3. The largest absolute Gasteiger partial charge is 0.443 e. The molecular weight excluding hydrogens is 296 g/mol. The third-order valence-corrected chi connectivity index (χ3v) is 3.05. The number of nitrogens with zero attached hydrogens (tertiary/aromatic N) is 2. The van der Waals surface area contributed by atoms with Crippen LogP contribution in [0.1, 0.15) is 26.3 Å². The predicted molar refractivity (Wildman–Crippen MR) is 73.8 cm³/mol.